The van der Waals surface area contributed by atoms with Crippen molar-refractivity contribution < 1.29 is 9.21 Å². The van der Waals surface area contributed by atoms with Crippen LogP contribution in [0.1, 0.15) is 18.2 Å². The quantitative estimate of drug-likeness (QED) is 0.559. The fraction of sp³-hybridized carbons (Fsp3) is 0.200. The molecule has 1 heterocycles. The Balaban J connectivity index is 0.00000242. The first-order valence-electron chi connectivity index (χ1n) is 6.56. The maximum Gasteiger partial charge on any atom is 0.221 e. The minimum absolute atomic E-state index is 0. The van der Waals surface area contributed by atoms with Gasteiger partial charge in [0, 0.05) is 12.6 Å². The molecule has 2 aromatic rings. The van der Waals surface area contributed by atoms with Crippen molar-refractivity contribution in [2.45, 2.75) is 20.0 Å². The highest BCUT2D eigenvalue weighted by molar-refractivity contribution is 8.93. The molecule has 1 aromatic heterocycles. The molecule has 0 saturated carbocycles. The van der Waals surface area contributed by atoms with Crippen molar-refractivity contribution in [3.63, 3.8) is 0 Å². The van der Waals surface area contributed by atoms with Crippen molar-refractivity contribution in [2.75, 3.05) is 5.32 Å². The Morgan fingerprint density at radius 2 is 2.14 bits per heavy atom. The second-order valence-corrected chi connectivity index (χ2v) is 4.52. The van der Waals surface area contributed by atoms with Gasteiger partial charge in [-0.25, -0.2) is 4.99 Å². The van der Waals surface area contributed by atoms with E-state index < -0.39 is 0 Å². The SMILES string of the molecule is Br.CC(=O)Nc1cccc(CN=C(N)NCc2ccco2)c1. The Kier molecular flexibility index (Phi) is 7.18. The van der Waals surface area contributed by atoms with Gasteiger partial charge in [0.25, 0.3) is 0 Å². The van der Waals surface area contributed by atoms with Gasteiger partial charge in [-0.1, -0.05) is 12.1 Å². The molecule has 1 aromatic carbocycles. The van der Waals surface area contributed by atoms with Crippen molar-refractivity contribution in [2.24, 2.45) is 10.7 Å². The van der Waals surface area contributed by atoms with E-state index in [4.69, 9.17) is 10.2 Å². The van der Waals surface area contributed by atoms with Gasteiger partial charge >= 0.3 is 0 Å². The number of aliphatic imine (C=N–C) groups is 1. The number of hydrogen-bond acceptors (Lipinski definition) is 3. The van der Waals surface area contributed by atoms with Crippen LogP contribution in [-0.2, 0) is 17.9 Å². The number of amides is 1. The molecule has 0 aliphatic carbocycles. The maximum absolute atomic E-state index is 11.0. The number of nitrogens with zero attached hydrogens (tertiary/aromatic N) is 1. The van der Waals surface area contributed by atoms with Gasteiger partial charge in [0.1, 0.15) is 5.76 Å². The number of halogens is 1. The van der Waals surface area contributed by atoms with Crippen molar-refractivity contribution in [3.05, 3.63) is 54.0 Å². The summed E-state index contributed by atoms with van der Waals surface area (Å²) in [5, 5.41) is 5.70. The number of rotatable bonds is 5. The molecular formula is C15H19BrN4O2. The van der Waals surface area contributed by atoms with Gasteiger partial charge in [0.05, 0.1) is 19.4 Å². The molecule has 0 fully saturated rings. The Hall–Kier alpha value is -2.28. The number of anilines is 1. The monoisotopic (exact) mass is 366 g/mol. The average molecular weight is 367 g/mol. The number of nitrogens with one attached hydrogen (secondary N) is 2. The standard InChI is InChI=1S/C15H18N4O2.BrH/c1-11(20)19-13-5-2-4-12(8-13)9-17-15(16)18-10-14-6-3-7-21-14;/h2-8H,9-10H2,1H3,(H,19,20)(H3,16,17,18);1H. The highest BCUT2D eigenvalue weighted by Gasteiger charge is 1.99. The molecular weight excluding hydrogens is 348 g/mol. The molecule has 6 nitrogen and oxygen atoms in total. The van der Waals surface area contributed by atoms with Gasteiger partial charge < -0.3 is 20.8 Å². The number of furan rings is 1. The lowest BCUT2D eigenvalue weighted by Gasteiger charge is -2.05. The van der Waals surface area contributed by atoms with Gasteiger partial charge in [0.2, 0.25) is 5.91 Å². The highest BCUT2D eigenvalue weighted by atomic mass is 79.9. The fourth-order valence-electron chi connectivity index (χ4n) is 1.77. The summed E-state index contributed by atoms with van der Waals surface area (Å²) in [5.41, 5.74) is 7.49. The first kappa shape index (κ1) is 17.8. The number of nitrogens with two attached hydrogens (primary N) is 1. The van der Waals surface area contributed by atoms with Crippen LogP contribution in [0.2, 0.25) is 0 Å². The maximum atomic E-state index is 11.0. The Morgan fingerprint density at radius 3 is 2.82 bits per heavy atom. The van der Waals surface area contributed by atoms with E-state index in [1.807, 2.05) is 36.4 Å². The van der Waals surface area contributed by atoms with Gasteiger partial charge in [-0.3, -0.25) is 4.79 Å². The minimum Gasteiger partial charge on any atom is -0.467 e. The number of carbonyl (C=O) groups excluding carboxylic acids is 1. The van der Waals surface area contributed by atoms with Crippen LogP contribution in [0, 0.1) is 0 Å². The van der Waals surface area contributed by atoms with Crippen molar-refractivity contribution in [1.29, 1.82) is 0 Å². The molecule has 2 rings (SSSR count). The Labute approximate surface area is 139 Å². The van der Waals surface area contributed by atoms with Gasteiger partial charge in [-0.05, 0) is 29.8 Å². The summed E-state index contributed by atoms with van der Waals surface area (Å²) in [7, 11) is 0. The predicted molar refractivity (Wildman–Crippen MR) is 91.9 cm³/mol. The summed E-state index contributed by atoms with van der Waals surface area (Å²) >= 11 is 0. The Bertz CT molecular complexity index is 626. The zero-order chi connectivity index (χ0) is 15.1. The molecule has 0 atom stereocenters. The summed E-state index contributed by atoms with van der Waals surface area (Å²) in [4.78, 5) is 15.3. The van der Waals surface area contributed by atoms with Gasteiger partial charge in [0.15, 0.2) is 5.96 Å². The van der Waals surface area contributed by atoms with Crippen molar-refractivity contribution >= 4 is 34.5 Å². The number of hydrogen-bond donors (Lipinski definition) is 3. The van der Waals surface area contributed by atoms with Crippen LogP contribution in [-0.4, -0.2) is 11.9 Å². The summed E-state index contributed by atoms with van der Waals surface area (Å²) in [6.07, 6.45) is 1.61. The van der Waals surface area contributed by atoms with Crippen molar-refractivity contribution in [3.8, 4) is 0 Å². The fourth-order valence-corrected chi connectivity index (χ4v) is 1.77. The Morgan fingerprint density at radius 1 is 1.32 bits per heavy atom. The summed E-state index contributed by atoms with van der Waals surface area (Å²) in [5.74, 6) is 1.03. The van der Waals surface area contributed by atoms with E-state index in [0.717, 1.165) is 17.0 Å². The molecule has 0 unspecified atom stereocenters. The zero-order valence-corrected chi connectivity index (χ0v) is 13.9. The molecule has 0 saturated heterocycles. The molecule has 0 aliphatic heterocycles. The van der Waals surface area contributed by atoms with Gasteiger partial charge in [-0.15, -0.1) is 17.0 Å². The van der Waals surface area contributed by atoms with E-state index >= 15 is 0 Å². The van der Waals surface area contributed by atoms with E-state index in [9.17, 15) is 4.79 Å². The molecule has 4 N–H and O–H groups in total. The third-order valence-corrected chi connectivity index (χ3v) is 2.70. The molecule has 22 heavy (non-hydrogen) atoms. The largest absolute Gasteiger partial charge is 0.467 e. The molecule has 118 valence electrons. The van der Waals surface area contributed by atoms with Crippen LogP contribution in [0.4, 0.5) is 5.69 Å². The molecule has 7 heteroatoms. The zero-order valence-electron chi connectivity index (χ0n) is 12.2. The normalized spacial score (nSPS) is 10.7. The van der Waals surface area contributed by atoms with Crippen LogP contribution in [0.15, 0.2) is 52.1 Å². The van der Waals surface area contributed by atoms with Crippen LogP contribution < -0.4 is 16.4 Å². The average Bonchev–Trinajstić information content (AvgIpc) is 2.96. The lowest BCUT2D eigenvalue weighted by Crippen LogP contribution is -2.30. The van der Waals surface area contributed by atoms with E-state index in [-0.39, 0.29) is 22.9 Å². The first-order chi connectivity index (χ1) is 10.1. The minimum atomic E-state index is -0.102. The number of carbonyl (C=O) groups is 1. The highest BCUT2D eigenvalue weighted by Crippen LogP contribution is 2.11. The molecule has 0 radical (unpaired) electrons. The molecule has 0 bridgehead atoms. The van der Waals surface area contributed by atoms with Crippen molar-refractivity contribution in [1.82, 2.24) is 5.32 Å². The van der Waals surface area contributed by atoms with Crippen LogP contribution in [0.5, 0.6) is 0 Å². The smallest absolute Gasteiger partial charge is 0.221 e. The lowest BCUT2D eigenvalue weighted by atomic mass is 10.2. The summed E-state index contributed by atoms with van der Waals surface area (Å²) in [6.45, 7) is 2.40. The second kappa shape index (κ2) is 8.89. The second-order valence-electron chi connectivity index (χ2n) is 4.52. The van der Waals surface area contributed by atoms with Crippen LogP contribution in [0.25, 0.3) is 0 Å². The third kappa shape index (κ3) is 6.01. The van der Waals surface area contributed by atoms with Crippen LogP contribution in [0.3, 0.4) is 0 Å². The summed E-state index contributed by atoms with van der Waals surface area (Å²) < 4.78 is 5.19. The number of benzene rings is 1. The van der Waals surface area contributed by atoms with Gasteiger partial charge in [-0.2, -0.15) is 0 Å². The van der Waals surface area contributed by atoms with Crippen LogP contribution >= 0.6 is 17.0 Å². The van der Waals surface area contributed by atoms with E-state index in [1.165, 1.54) is 6.92 Å². The third-order valence-electron chi connectivity index (χ3n) is 2.70. The lowest BCUT2D eigenvalue weighted by molar-refractivity contribution is -0.114. The predicted octanol–water partition coefficient (Wildman–Crippen LogP) is 2.42. The molecule has 0 spiro atoms. The topological polar surface area (TPSA) is 92.7 Å². The number of guanidine groups is 1. The molecule has 0 aliphatic rings. The summed E-state index contributed by atoms with van der Waals surface area (Å²) in [6, 6.07) is 11.2. The first-order valence-corrected chi connectivity index (χ1v) is 6.56. The molecule has 1 amide bonds. The van der Waals surface area contributed by atoms with E-state index in [1.54, 1.807) is 6.26 Å². The van der Waals surface area contributed by atoms with E-state index in [0.29, 0.717) is 19.0 Å². The van der Waals surface area contributed by atoms with E-state index in [2.05, 4.69) is 15.6 Å².